The largest absolute Gasteiger partial charge is 0.478 e. The Morgan fingerprint density at radius 1 is 1.38 bits per heavy atom. The van der Waals surface area contributed by atoms with Gasteiger partial charge in [-0.1, -0.05) is 11.6 Å². The molecule has 0 saturated carbocycles. The molecule has 1 unspecified atom stereocenters. The molecule has 2 rings (SSSR count). The van der Waals surface area contributed by atoms with Crippen LogP contribution in [0.15, 0.2) is 23.1 Å². The Bertz CT molecular complexity index is 662. The van der Waals surface area contributed by atoms with Crippen LogP contribution < -0.4 is 0 Å². The summed E-state index contributed by atoms with van der Waals surface area (Å²) in [6.07, 6.45) is 0. The van der Waals surface area contributed by atoms with Gasteiger partial charge in [0.1, 0.15) is 0 Å². The van der Waals surface area contributed by atoms with Crippen molar-refractivity contribution < 1.29 is 18.3 Å². The van der Waals surface area contributed by atoms with Crippen molar-refractivity contribution in [1.82, 2.24) is 9.21 Å². The summed E-state index contributed by atoms with van der Waals surface area (Å²) in [6, 6.07) is 3.87. The molecule has 1 aliphatic heterocycles. The maximum absolute atomic E-state index is 12.6. The van der Waals surface area contributed by atoms with Gasteiger partial charge in [0.2, 0.25) is 10.0 Å². The van der Waals surface area contributed by atoms with Crippen LogP contribution in [-0.2, 0) is 10.0 Å². The van der Waals surface area contributed by atoms with Crippen molar-refractivity contribution in [2.45, 2.75) is 17.9 Å². The van der Waals surface area contributed by atoms with Gasteiger partial charge in [-0.05, 0) is 32.2 Å². The highest BCUT2D eigenvalue weighted by Gasteiger charge is 2.31. The summed E-state index contributed by atoms with van der Waals surface area (Å²) in [4.78, 5) is 13.1. The van der Waals surface area contributed by atoms with E-state index < -0.39 is 16.0 Å². The van der Waals surface area contributed by atoms with Crippen LogP contribution in [0, 0.1) is 0 Å². The fourth-order valence-electron chi connectivity index (χ4n) is 2.21. The van der Waals surface area contributed by atoms with E-state index in [1.54, 1.807) is 0 Å². The van der Waals surface area contributed by atoms with Crippen LogP contribution in [0.3, 0.4) is 0 Å². The number of aromatic carboxylic acids is 1. The third kappa shape index (κ3) is 3.21. The zero-order chi connectivity index (χ0) is 15.8. The van der Waals surface area contributed by atoms with Gasteiger partial charge in [0.15, 0.2) is 0 Å². The van der Waals surface area contributed by atoms with Crippen LogP contribution in [-0.4, -0.2) is 61.4 Å². The van der Waals surface area contributed by atoms with Crippen molar-refractivity contribution in [2.75, 3.05) is 26.7 Å². The van der Waals surface area contributed by atoms with E-state index in [0.29, 0.717) is 19.6 Å². The Balaban J connectivity index is 2.36. The number of benzene rings is 1. The predicted molar refractivity (Wildman–Crippen MR) is 79.3 cm³/mol. The highest BCUT2D eigenvalue weighted by Crippen LogP contribution is 2.24. The maximum Gasteiger partial charge on any atom is 0.337 e. The van der Waals surface area contributed by atoms with Crippen molar-refractivity contribution >= 4 is 27.6 Å². The average molecular weight is 333 g/mol. The van der Waals surface area contributed by atoms with Gasteiger partial charge in [-0.2, -0.15) is 4.31 Å². The Hall–Kier alpha value is -1.15. The molecule has 0 aliphatic carbocycles. The van der Waals surface area contributed by atoms with Gasteiger partial charge in [0.25, 0.3) is 0 Å². The van der Waals surface area contributed by atoms with E-state index in [-0.39, 0.29) is 21.5 Å². The molecule has 6 nitrogen and oxygen atoms in total. The molecule has 1 saturated heterocycles. The van der Waals surface area contributed by atoms with E-state index >= 15 is 0 Å². The molecule has 0 radical (unpaired) electrons. The third-order valence-corrected chi connectivity index (χ3v) is 5.92. The van der Waals surface area contributed by atoms with Crippen molar-refractivity contribution in [3.8, 4) is 0 Å². The first-order valence-corrected chi connectivity index (χ1v) is 8.28. The van der Waals surface area contributed by atoms with E-state index in [1.165, 1.54) is 16.4 Å². The quantitative estimate of drug-likeness (QED) is 0.904. The first-order valence-electron chi connectivity index (χ1n) is 6.46. The number of hydrogen-bond acceptors (Lipinski definition) is 4. The minimum Gasteiger partial charge on any atom is -0.478 e. The van der Waals surface area contributed by atoms with Gasteiger partial charge in [0, 0.05) is 25.7 Å². The second-order valence-corrected chi connectivity index (χ2v) is 7.48. The number of carboxylic acids is 1. The van der Waals surface area contributed by atoms with Crippen molar-refractivity contribution in [3.05, 3.63) is 28.8 Å². The normalized spacial score (nSPS) is 21.4. The number of carboxylic acid groups (broad SMARTS) is 1. The smallest absolute Gasteiger partial charge is 0.337 e. The van der Waals surface area contributed by atoms with Crippen molar-refractivity contribution in [2.24, 2.45) is 0 Å². The fraction of sp³-hybridized carbons (Fsp3) is 0.462. The lowest BCUT2D eigenvalue weighted by Crippen LogP contribution is -2.51. The molecule has 1 aromatic rings. The molecule has 1 atom stereocenters. The Labute approximate surface area is 129 Å². The summed E-state index contributed by atoms with van der Waals surface area (Å²) in [5.74, 6) is -1.25. The Morgan fingerprint density at radius 3 is 2.62 bits per heavy atom. The van der Waals surface area contributed by atoms with E-state index in [9.17, 15) is 13.2 Å². The van der Waals surface area contributed by atoms with E-state index in [2.05, 4.69) is 4.90 Å². The van der Waals surface area contributed by atoms with Gasteiger partial charge < -0.3 is 10.0 Å². The van der Waals surface area contributed by atoms with E-state index in [0.717, 1.165) is 6.07 Å². The molecule has 0 aromatic heterocycles. The monoisotopic (exact) mass is 332 g/mol. The Kier molecular flexibility index (Phi) is 4.57. The summed E-state index contributed by atoms with van der Waals surface area (Å²) < 4.78 is 26.6. The van der Waals surface area contributed by atoms with E-state index in [4.69, 9.17) is 16.7 Å². The fourth-order valence-corrected chi connectivity index (χ4v) is 3.95. The summed E-state index contributed by atoms with van der Waals surface area (Å²) in [5.41, 5.74) is -0.208. The molecular formula is C13H17ClN2O4S. The number of nitrogens with zero attached hydrogens (tertiary/aromatic N) is 2. The van der Waals surface area contributed by atoms with Crippen molar-refractivity contribution in [3.63, 3.8) is 0 Å². The molecule has 116 valence electrons. The van der Waals surface area contributed by atoms with Gasteiger partial charge in [-0.15, -0.1) is 0 Å². The van der Waals surface area contributed by atoms with Crippen LogP contribution >= 0.6 is 11.6 Å². The molecule has 1 aromatic carbocycles. The highest BCUT2D eigenvalue weighted by molar-refractivity contribution is 7.89. The molecule has 1 aliphatic rings. The maximum atomic E-state index is 12.6. The van der Waals surface area contributed by atoms with Crippen LogP contribution in [0.5, 0.6) is 0 Å². The lowest BCUT2D eigenvalue weighted by Gasteiger charge is -2.36. The minimum atomic E-state index is -3.71. The van der Waals surface area contributed by atoms with Gasteiger partial charge in [-0.25, -0.2) is 13.2 Å². The molecule has 0 bridgehead atoms. The molecular weight excluding hydrogens is 316 g/mol. The highest BCUT2D eigenvalue weighted by atomic mass is 35.5. The summed E-state index contributed by atoms with van der Waals surface area (Å²) in [7, 11) is -1.76. The zero-order valence-corrected chi connectivity index (χ0v) is 13.4. The summed E-state index contributed by atoms with van der Waals surface area (Å²) in [5, 5.41) is 9.06. The third-order valence-electron chi connectivity index (χ3n) is 3.73. The van der Waals surface area contributed by atoms with Gasteiger partial charge in [0.05, 0.1) is 15.5 Å². The molecule has 21 heavy (non-hydrogen) atoms. The molecule has 1 fully saturated rings. The van der Waals surface area contributed by atoms with Crippen LogP contribution in [0.1, 0.15) is 17.3 Å². The Morgan fingerprint density at radius 2 is 2.05 bits per heavy atom. The average Bonchev–Trinajstić information content (AvgIpc) is 2.41. The van der Waals surface area contributed by atoms with Crippen molar-refractivity contribution in [1.29, 1.82) is 0 Å². The first-order chi connectivity index (χ1) is 9.73. The number of rotatable bonds is 3. The molecule has 1 heterocycles. The lowest BCUT2D eigenvalue weighted by molar-refractivity contribution is 0.0697. The minimum absolute atomic E-state index is 0.0215. The standard InChI is InChI=1S/C13H17ClN2O4S/c1-9-8-16(6-5-15(9)2)21(19,20)10-3-4-12(14)11(7-10)13(17)18/h3-4,7,9H,5-6,8H2,1-2H3,(H,17,18). The SMILES string of the molecule is CC1CN(S(=O)(=O)c2ccc(Cl)c(C(=O)O)c2)CCN1C. The number of carbonyl (C=O) groups is 1. The lowest BCUT2D eigenvalue weighted by atomic mass is 10.2. The number of halogens is 1. The van der Waals surface area contributed by atoms with Crippen LogP contribution in [0.2, 0.25) is 5.02 Å². The predicted octanol–water partition coefficient (Wildman–Crippen LogP) is 1.36. The summed E-state index contributed by atoms with van der Waals surface area (Å²) in [6.45, 7) is 3.35. The molecule has 0 spiro atoms. The number of hydrogen-bond donors (Lipinski definition) is 1. The second kappa shape index (κ2) is 5.92. The topological polar surface area (TPSA) is 77.9 Å². The van der Waals surface area contributed by atoms with E-state index in [1.807, 2.05) is 14.0 Å². The number of piperazine rings is 1. The number of sulfonamides is 1. The molecule has 0 amide bonds. The van der Waals surface area contributed by atoms with Gasteiger partial charge >= 0.3 is 5.97 Å². The zero-order valence-electron chi connectivity index (χ0n) is 11.8. The molecule has 8 heteroatoms. The first kappa shape index (κ1) is 16.2. The summed E-state index contributed by atoms with van der Waals surface area (Å²) >= 11 is 5.77. The number of likely N-dealkylation sites (N-methyl/N-ethyl adjacent to an activating group) is 1. The van der Waals surface area contributed by atoms with Crippen LogP contribution in [0.25, 0.3) is 0 Å². The second-order valence-electron chi connectivity index (χ2n) is 5.14. The molecule has 1 N–H and O–H groups in total. The van der Waals surface area contributed by atoms with Crippen LogP contribution in [0.4, 0.5) is 0 Å². The van der Waals surface area contributed by atoms with Gasteiger partial charge in [-0.3, -0.25) is 0 Å².